The van der Waals surface area contributed by atoms with Crippen LogP contribution in [0.1, 0.15) is 16.7 Å². The first-order chi connectivity index (χ1) is 21.1. The number of rotatable bonds is 9. The zero-order chi connectivity index (χ0) is 31.4. The number of nitrogens with zero attached hydrogens (tertiary/aromatic N) is 4. The van der Waals surface area contributed by atoms with E-state index in [0.29, 0.717) is 11.1 Å². The molecule has 0 radical (unpaired) electrons. The Labute approximate surface area is 256 Å². The van der Waals surface area contributed by atoms with Gasteiger partial charge in [-0.3, -0.25) is 9.59 Å². The molecule has 0 aliphatic carbocycles. The quantitative estimate of drug-likeness (QED) is 0.353. The number of fused-ring (bicyclic) bond motifs is 1. The van der Waals surface area contributed by atoms with E-state index in [2.05, 4.69) is 11.9 Å². The maximum atomic E-state index is 14.1. The van der Waals surface area contributed by atoms with Crippen LogP contribution in [0.25, 0.3) is 0 Å². The minimum atomic E-state index is -3.59. The topological polar surface area (TPSA) is 131 Å². The second kappa shape index (κ2) is 12.9. The first-order valence-electron chi connectivity index (χ1n) is 14.2. The highest BCUT2D eigenvalue weighted by molar-refractivity contribution is 7.90. The van der Waals surface area contributed by atoms with Crippen LogP contribution >= 0.6 is 0 Å². The fourth-order valence-electron chi connectivity index (χ4n) is 5.76. The Morgan fingerprint density at radius 2 is 1.68 bits per heavy atom. The largest absolute Gasteiger partial charge is 0.508 e. The van der Waals surface area contributed by atoms with Crippen molar-refractivity contribution in [3.05, 3.63) is 108 Å². The number of hydrazine groups is 1. The summed E-state index contributed by atoms with van der Waals surface area (Å²) in [6.07, 6.45) is 1.97. The lowest BCUT2D eigenvalue weighted by Crippen LogP contribution is -2.76. The van der Waals surface area contributed by atoms with E-state index in [4.69, 9.17) is 0 Å². The average molecular weight is 618 g/mol. The molecule has 2 aliphatic rings. The molecule has 3 aromatic carbocycles. The second-order valence-electron chi connectivity index (χ2n) is 10.9. The molecule has 3 aromatic rings. The van der Waals surface area contributed by atoms with Gasteiger partial charge in [0, 0.05) is 32.3 Å². The molecule has 0 aromatic heterocycles. The van der Waals surface area contributed by atoms with Crippen LogP contribution in [-0.4, -0.2) is 89.3 Å². The monoisotopic (exact) mass is 617 g/mol. The molecule has 0 spiro atoms. The first-order valence-corrected chi connectivity index (χ1v) is 16.1. The number of piperazine rings is 1. The molecule has 4 amide bonds. The van der Waals surface area contributed by atoms with E-state index >= 15 is 0 Å². The molecule has 2 N–H and O–H groups in total. The van der Waals surface area contributed by atoms with Crippen molar-refractivity contribution in [1.82, 2.24) is 25.1 Å². The standard InChI is InChI=1S/C32H35N5O6S/c1-3-17-35-22-30(39)36-27(18-23-13-15-26(38)16-14-23)31(40)34(20-25-11-7-8-12-28(25)44(2,42)43)21-29(36)37(35)32(41)33-19-24-9-5-4-6-10-24/h3-16,27,29,38H,1,17-22H2,2H3,(H,33,41)/t27-,29?/m0/s1. The Morgan fingerprint density at radius 1 is 1.00 bits per heavy atom. The van der Waals surface area contributed by atoms with Crippen LogP contribution in [0.15, 0.2) is 96.4 Å². The van der Waals surface area contributed by atoms with Crippen LogP contribution in [0.4, 0.5) is 4.79 Å². The summed E-state index contributed by atoms with van der Waals surface area (Å²) >= 11 is 0. The molecule has 12 heteroatoms. The summed E-state index contributed by atoms with van der Waals surface area (Å²) in [6, 6.07) is 20.8. The molecule has 0 saturated carbocycles. The minimum Gasteiger partial charge on any atom is -0.508 e. The van der Waals surface area contributed by atoms with Gasteiger partial charge in [0.05, 0.1) is 18.0 Å². The Morgan fingerprint density at radius 3 is 2.36 bits per heavy atom. The number of phenolic OH excluding ortho intramolecular Hbond substituents is 1. The van der Waals surface area contributed by atoms with Crippen molar-refractivity contribution >= 4 is 27.7 Å². The maximum absolute atomic E-state index is 14.1. The predicted octanol–water partition coefficient (Wildman–Crippen LogP) is 2.53. The fourth-order valence-corrected chi connectivity index (χ4v) is 6.69. The van der Waals surface area contributed by atoms with Gasteiger partial charge >= 0.3 is 6.03 Å². The van der Waals surface area contributed by atoms with Gasteiger partial charge < -0.3 is 20.2 Å². The molecule has 2 atom stereocenters. The minimum absolute atomic E-state index is 0.0341. The van der Waals surface area contributed by atoms with Crippen molar-refractivity contribution in [3.8, 4) is 5.75 Å². The zero-order valence-corrected chi connectivity index (χ0v) is 25.2. The average Bonchev–Trinajstić information content (AvgIpc) is 2.99. The predicted molar refractivity (Wildman–Crippen MR) is 163 cm³/mol. The van der Waals surface area contributed by atoms with Gasteiger partial charge in [-0.1, -0.05) is 66.7 Å². The molecule has 2 saturated heterocycles. The second-order valence-corrected chi connectivity index (χ2v) is 12.9. The van der Waals surface area contributed by atoms with Crippen LogP contribution in [0, 0.1) is 0 Å². The molecule has 2 fully saturated rings. The molecule has 1 unspecified atom stereocenters. The lowest BCUT2D eigenvalue weighted by Gasteiger charge is -2.55. The van der Waals surface area contributed by atoms with E-state index in [1.165, 1.54) is 33.0 Å². The summed E-state index contributed by atoms with van der Waals surface area (Å²) in [4.78, 5) is 44.8. The summed E-state index contributed by atoms with van der Waals surface area (Å²) in [7, 11) is -3.59. The number of carbonyl (C=O) groups excluding carboxylic acids is 3. The summed E-state index contributed by atoms with van der Waals surface area (Å²) in [5.74, 6) is -0.624. The number of nitrogens with one attached hydrogen (secondary N) is 1. The van der Waals surface area contributed by atoms with Gasteiger partial charge in [-0.25, -0.2) is 23.2 Å². The van der Waals surface area contributed by atoms with Crippen LogP contribution < -0.4 is 5.32 Å². The molecule has 2 aliphatic heterocycles. The van der Waals surface area contributed by atoms with Crippen molar-refractivity contribution < 1.29 is 27.9 Å². The van der Waals surface area contributed by atoms with Gasteiger partial charge in [-0.2, -0.15) is 0 Å². The van der Waals surface area contributed by atoms with Crippen LogP contribution in [0.3, 0.4) is 0 Å². The van der Waals surface area contributed by atoms with E-state index in [1.54, 1.807) is 41.4 Å². The number of urea groups is 1. The van der Waals surface area contributed by atoms with E-state index < -0.39 is 28.1 Å². The summed E-state index contributed by atoms with van der Waals surface area (Å²) in [5, 5.41) is 15.8. The molecule has 230 valence electrons. The Hall–Kier alpha value is -4.68. The number of carbonyl (C=O) groups is 3. The molecule has 11 nitrogen and oxygen atoms in total. The van der Waals surface area contributed by atoms with Crippen LogP contribution in [0.5, 0.6) is 5.75 Å². The van der Waals surface area contributed by atoms with Crippen molar-refractivity contribution in [2.45, 2.75) is 36.6 Å². The smallest absolute Gasteiger partial charge is 0.334 e. The highest BCUT2D eigenvalue weighted by Crippen LogP contribution is 2.30. The van der Waals surface area contributed by atoms with Crippen LogP contribution in [0.2, 0.25) is 0 Å². The third-order valence-corrected chi connectivity index (χ3v) is 8.96. The van der Waals surface area contributed by atoms with Gasteiger partial charge in [0.15, 0.2) is 9.84 Å². The number of sulfone groups is 1. The lowest BCUT2D eigenvalue weighted by molar-refractivity contribution is -0.189. The number of hydrogen-bond acceptors (Lipinski definition) is 7. The first kappa shape index (κ1) is 30.8. The van der Waals surface area contributed by atoms with Gasteiger partial charge in [-0.05, 0) is 34.9 Å². The molecule has 0 bridgehead atoms. The van der Waals surface area contributed by atoms with Gasteiger partial charge in [-0.15, -0.1) is 6.58 Å². The highest BCUT2D eigenvalue weighted by atomic mass is 32.2. The molecule has 2 heterocycles. The van der Waals surface area contributed by atoms with Crippen molar-refractivity contribution in [2.75, 3.05) is 25.9 Å². The Bertz CT molecular complexity index is 1650. The van der Waals surface area contributed by atoms with E-state index in [-0.39, 0.29) is 61.6 Å². The molecule has 44 heavy (non-hydrogen) atoms. The Kier molecular flexibility index (Phi) is 9.02. The van der Waals surface area contributed by atoms with Crippen molar-refractivity contribution in [1.29, 1.82) is 0 Å². The summed E-state index contributed by atoms with van der Waals surface area (Å²) < 4.78 is 25.1. The summed E-state index contributed by atoms with van der Waals surface area (Å²) in [5.41, 5.74) is 2.04. The van der Waals surface area contributed by atoms with Crippen molar-refractivity contribution in [2.24, 2.45) is 0 Å². The number of phenols is 1. The third-order valence-electron chi connectivity index (χ3n) is 7.76. The highest BCUT2D eigenvalue weighted by Gasteiger charge is 2.51. The molecule has 5 rings (SSSR count). The third kappa shape index (κ3) is 6.61. The van der Waals surface area contributed by atoms with Gasteiger partial charge in [0.25, 0.3) is 0 Å². The number of hydrogen-bond donors (Lipinski definition) is 2. The lowest BCUT2D eigenvalue weighted by atomic mass is 9.98. The normalized spacial score (nSPS) is 19.1. The zero-order valence-electron chi connectivity index (χ0n) is 24.4. The van der Waals surface area contributed by atoms with Crippen molar-refractivity contribution in [3.63, 3.8) is 0 Å². The Balaban J connectivity index is 1.53. The number of benzene rings is 3. The number of aromatic hydroxyl groups is 1. The fraction of sp³-hybridized carbons (Fsp3) is 0.281. The molecular weight excluding hydrogens is 582 g/mol. The van der Waals surface area contributed by atoms with E-state index in [9.17, 15) is 27.9 Å². The molecular formula is C32H35N5O6S. The van der Waals surface area contributed by atoms with E-state index in [0.717, 1.165) is 11.8 Å². The van der Waals surface area contributed by atoms with Crippen LogP contribution in [-0.2, 0) is 38.9 Å². The maximum Gasteiger partial charge on any atom is 0.334 e. The summed E-state index contributed by atoms with van der Waals surface area (Å²) in [6.45, 7) is 4.04. The number of amides is 4. The van der Waals surface area contributed by atoms with Gasteiger partial charge in [0.2, 0.25) is 11.8 Å². The SMILES string of the molecule is C=CCN1CC(=O)N2C(CN(Cc3ccccc3S(C)(=O)=O)C(=O)[C@@H]2Cc2ccc(O)cc2)N1C(=O)NCc1ccccc1. The van der Waals surface area contributed by atoms with E-state index in [1.807, 2.05) is 30.3 Å². The van der Waals surface area contributed by atoms with Gasteiger partial charge in [0.1, 0.15) is 18.0 Å².